The summed E-state index contributed by atoms with van der Waals surface area (Å²) in [5, 5.41) is 12.1. The van der Waals surface area contributed by atoms with E-state index in [1.165, 1.54) is 4.40 Å². The molecule has 0 atom stereocenters. The van der Waals surface area contributed by atoms with E-state index in [1.807, 2.05) is 6.92 Å². The van der Waals surface area contributed by atoms with Crippen molar-refractivity contribution in [3.63, 3.8) is 0 Å². The second-order valence-corrected chi connectivity index (χ2v) is 4.30. The van der Waals surface area contributed by atoms with Crippen LogP contribution >= 0.6 is 0 Å². The molecule has 0 fully saturated rings. The van der Waals surface area contributed by atoms with Gasteiger partial charge in [0.2, 0.25) is 5.91 Å². The smallest absolute Gasteiger partial charge is 0.356 e. The molecule has 2 N–H and O–H groups in total. The van der Waals surface area contributed by atoms with E-state index in [0.29, 0.717) is 12.2 Å². The Labute approximate surface area is 115 Å². The lowest BCUT2D eigenvalue weighted by atomic mass is 10.4. The summed E-state index contributed by atoms with van der Waals surface area (Å²) < 4.78 is 1.47. The van der Waals surface area contributed by atoms with Crippen LogP contribution in [-0.2, 0) is 4.79 Å². The fourth-order valence-corrected chi connectivity index (χ4v) is 1.79. The molecular formula is C13H16N4O3. The maximum atomic E-state index is 11.7. The fourth-order valence-electron chi connectivity index (χ4n) is 1.79. The Morgan fingerprint density at radius 3 is 2.85 bits per heavy atom. The molecule has 0 aliphatic carbocycles. The van der Waals surface area contributed by atoms with Crippen LogP contribution in [-0.4, -0.2) is 51.4 Å². The number of nitrogens with zero attached hydrogens (tertiary/aromatic N) is 3. The standard InChI is InChI=1S/C13H16N4O3/c1-3-16(2)10(18)8-14-12-11(13(19)20)17-7-5-4-6-9(17)15-12/h4-7,14H,3,8H2,1-2H3,(H,19,20). The molecule has 0 aromatic carbocycles. The number of carbonyl (C=O) groups excluding carboxylic acids is 1. The van der Waals surface area contributed by atoms with Crippen molar-refractivity contribution >= 4 is 23.3 Å². The molecule has 106 valence electrons. The lowest BCUT2D eigenvalue weighted by molar-refractivity contribution is -0.127. The van der Waals surface area contributed by atoms with Crippen molar-refractivity contribution in [3.05, 3.63) is 30.1 Å². The molecule has 0 radical (unpaired) electrons. The van der Waals surface area contributed by atoms with E-state index in [9.17, 15) is 14.7 Å². The highest BCUT2D eigenvalue weighted by Gasteiger charge is 2.19. The number of carbonyl (C=O) groups is 2. The molecule has 0 bridgehead atoms. The minimum absolute atomic E-state index is 0.00843. The number of aromatic carboxylic acids is 1. The summed E-state index contributed by atoms with van der Waals surface area (Å²) in [5.74, 6) is -1.02. The number of hydrogen-bond acceptors (Lipinski definition) is 4. The van der Waals surface area contributed by atoms with E-state index >= 15 is 0 Å². The van der Waals surface area contributed by atoms with E-state index in [-0.39, 0.29) is 24.0 Å². The van der Waals surface area contributed by atoms with Gasteiger partial charge in [-0.2, -0.15) is 0 Å². The third kappa shape index (κ3) is 2.56. The second-order valence-electron chi connectivity index (χ2n) is 4.30. The Bertz CT molecular complexity index is 650. The number of carboxylic acid groups (broad SMARTS) is 1. The van der Waals surface area contributed by atoms with E-state index in [0.717, 1.165) is 0 Å². The van der Waals surface area contributed by atoms with Gasteiger partial charge in [0.05, 0.1) is 6.54 Å². The van der Waals surface area contributed by atoms with Gasteiger partial charge in [-0.3, -0.25) is 9.20 Å². The summed E-state index contributed by atoms with van der Waals surface area (Å²) in [6.45, 7) is 2.47. The molecular weight excluding hydrogens is 260 g/mol. The van der Waals surface area contributed by atoms with Gasteiger partial charge in [0.15, 0.2) is 11.5 Å². The Balaban J connectivity index is 2.28. The Morgan fingerprint density at radius 2 is 2.20 bits per heavy atom. The fraction of sp³-hybridized carbons (Fsp3) is 0.308. The normalized spacial score (nSPS) is 10.5. The van der Waals surface area contributed by atoms with Crippen LogP contribution in [0.5, 0.6) is 0 Å². The van der Waals surface area contributed by atoms with Crippen LogP contribution in [0.15, 0.2) is 24.4 Å². The highest BCUT2D eigenvalue weighted by molar-refractivity contribution is 5.93. The maximum absolute atomic E-state index is 11.7. The number of imidazole rings is 1. The van der Waals surface area contributed by atoms with Crippen LogP contribution in [0.3, 0.4) is 0 Å². The lowest BCUT2D eigenvalue weighted by Crippen LogP contribution is -2.32. The third-order valence-corrected chi connectivity index (χ3v) is 3.04. The van der Waals surface area contributed by atoms with Crippen LogP contribution in [0, 0.1) is 0 Å². The number of nitrogens with one attached hydrogen (secondary N) is 1. The van der Waals surface area contributed by atoms with Gasteiger partial charge in [-0.1, -0.05) is 6.07 Å². The van der Waals surface area contributed by atoms with Crippen molar-refractivity contribution in [1.29, 1.82) is 0 Å². The molecule has 0 saturated heterocycles. The van der Waals surface area contributed by atoms with E-state index in [2.05, 4.69) is 10.3 Å². The van der Waals surface area contributed by atoms with E-state index in [4.69, 9.17) is 0 Å². The number of aromatic nitrogens is 2. The van der Waals surface area contributed by atoms with Gasteiger partial charge in [-0.25, -0.2) is 9.78 Å². The van der Waals surface area contributed by atoms with Crippen LogP contribution in [0.25, 0.3) is 5.65 Å². The largest absolute Gasteiger partial charge is 0.476 e. The van der Waals surface area contributed by atoms with E-state index in [1.54, 1.807) is 36.3 Å². The van der Waals surface area contributed by atoms with Crippen LogP contribution in [0.2, 0.25) is 0 Å². The average Bonchev–Trinajstić information content (AvgIpc) is 2.82. The van der Waals surface area contributed by atoms with Crippen molar-refractivity contribution in [2.75, 3.05) is 25.5 Å². The number of amides is 1. The van der Waals surface area contributed by atoms with Gasteiger partial charge in [-0.05, 0) is 19.1 Å². The number of carboxylic acids is 1. The van der Waals surface area contributed by atoms with Gasteiger partial charge in [-0.15, -0.1) is 0 Å². The minimum atomic E-state index is -1.09. The van der Waals surface area contributed by atoms with Crippen molar-refractivity contribution < 1.29 is 14.7 Å². The summed E-state index contributed by atoms with van der Waals surface area (Å²) in [4.78, 5) is 28.8. The molecule has 2 aromatic rings. The monoisotopic (exact) mass is 276 g/mol. The molecule has 20 heavy (non-hydrogen) atoms. The summed E-state index contributed by atoms with van der Waals surface area (Å²) in [6, 6.07) is 5.20. The number of hydrogen-bond donors (Lipinski definition) is 2. The van der Waals surface area contributed by atoms with Crippen molar-refractivity contribution in [1.82, 2.24) is 14.3 Å². The van der Waals surface area contributed by atoms with Crippen molar-refractivity contribution in [2.24, 2.45) is 0 Å². The Kier molecular flexibility index (Phi) is 3.88. The molecule has 0 saturated carbocycles. The number of likely N-dealkylation sites (N-methyl/N-ethyl adjacent to an activating group) is 1. The van der Waals surface area contributed by atoms with Crippen molar-refractivity contribution in [2.45, 2.75) is 6.92 Å². The van der Waals surface area contributed by atoms with Crippen LogP contribution in [0.4, 0.5) is 5.82 Å². The third-order valence-electron chi connectivity index (χ3n) is 3.04. The van der Waals surface area contributed by atoms with Crippen molar-refractivity contribution in [3.8, 4) is 0 Å². The van der Waals surface area contributed by atoms with Gasteiger partial charge in [0.1, 0.15) is 5.65 Å². The van der Waals surface area contributed by atoms with Crippen LogP contribution in [0.1, 0.15) is 17.4 Å². The summed E-state index contributed by atoms with van der Waals surface area (Å²) in [5.41, 5.74) is 0.538. The van der Waals surface area contributed by atoms with Gasteiger partial charge in [0, 0.05) is 19.8 Å². The summed E-state index contributed by atoms with van der Waals surface area (Å²) in [7, 11) is 1.69. The zero-order chi connectivity index (χ0) is 14.7. The Hall–Kier alpha value is -2.57. The topological polar surface area (TPSA) is 86.9 Å². The summed E-state index contributed by atoms with van der Waals surface area (Å²) in [6.07, 6.45) is 1.62. The van der Waals surface area contributed by atoms with Gasteiger partial charge < -0.3 is 15.3 Å². The first-order valence-electron chi connectivity index (χ1n) is 6.22. The number of pyridine rings is 1. The van der Waals surface area contributed by atoms with E-state index < -0.39 is 5.97 Å². The molecule has 7 nitrogen and oxygen atoms in total. The average molecular weight is 276 g/mol. The number of rotatable bonds is 5. The second kappa shape index (κ2) is 5.60. The number of fused-ring (bicyclic) bond motifs is 1. The zero-order valence-corrected chi connectivity index (χ0v) is 11.3. The molecule has 1 amide bonds. The molecule has 2 aromatic heterocycles. The van der Waals surface area contributed by atoms with Gasteiger partial charge in [0.25, 0.3) is 0 Å². The first-order chi connectivity index (χ1) is 9.54. The van der Waals surface area contributed by atoms with Gasteiger partial charge >= 0.3 is 5.97 Å². The highest BCUT2D eigenvalue weighted by Crippen LogP contribution is 2.17. The molecule has 0 spiro atoms. The first-order valence-corrected chi connectivity index (χ1v) is 6.22. The SMILES string of the molecule is CCN(C)C(=O)CNc1nc2ccccn2c1C(=O)O. The first kappa shape index (κ1) is 13.9. The minimum Gasteiger partial charge on any atom is -0.476 e. The predicted octanol–water partition coefficient (Wildman–Crippen LogP) is 0.923. The zero-order valence-electron chi connectivity index (χ0n) is 11.3. The highest BCUT2D eigenvalue weighted by atomic mass is 16.4. The van der Waals surface area contributed by atoms with Crippen LogP contribution < -0.4 is 5.32 Å². The maximum Gasteiger partial charge on any atom is 0.356 e. The molecule has 0 aliphatic heterocycles. The predicted molar refractivity (Wildman–Crippen MR) is 74.0 cm³/mol. The molecule has 2 rings (SSSR count). The quantitative estimate of drug-likeness (QED) is 0.848. The Morgan fingerprint density at radius 1 is 1.45 bits per heavy atom. The number of anilines is 1. The molecule has 0 aliphatic rings. The molecule has 2 heterocycles. The summed E-state index contributed by atoms with van der Waals surface area (Å²) >= 11 is 0. The molecule has 7 heteroatoms. The molecule has 0 unspecified atom stereocenters. The lowest BCUT2D eigenvalue weighted by Gasteiger charge is -2.14.